The van der Waals surface area contributed by atoms with Gasteiger partial charge in [0.2, 0.25) is 0 Å². The number of piperidine rings is 1. The standard InChI is InChI=1S/C19H27N/c1-3-14-7-8-15-13-18-16-6-4-5-9-19(16,17(15)12-14)10-11-20(18)2/h7-8,12,16,18H,3-6,9-11,13H2,1-2H3/t16?,18-,19-/m0/s1/i1D. The molecular formula is C19H27N. The van der Waals surface area contributed by atoms with E-state index in [4.69, 9.17) is 1.37 Å². The van der Waals surface area contributed by atoms with Crippen LogP contribution >= 0.6 is 0 Å². The Morgan fingerprint density at radius 2 is 2.30 bits per heavy atom. The van der Waals surface area contributed by atoms with E-state index in [1.165, 1.54) is 50.6 Å². The van der Waals surface area contributed by atoms with Crippen LogP contribution in [0.25, 0.3) is 0 Å². The summed E-state index contributed by atoms with van der Waals surface area (Å²) in [4.78, 5) is 2.63. The first-order valence-electron chi connectivity index (χ1n) is 9.07. The summed E-state index contributed by atoms with van der Waals surface area (Å²) in [5, 5.41) is 0. The molecule has 0 amide bonds. The van der Waals surface area contributed by atoms with Crippen molar-refractivity contribution in [2.75, 3.05) is 13.6 Å². The topological polar surface area (TPSA) is 3.24 Å². The Labute approximate surface area is 124 Å². The van der Waals surface area contributed by atoms with Gasteiger partial charge in [0.25, 0.3) is 0 Å². The van der Waals surface area contributed by atoms with Crippen molar-refractivity contribution in [3.05, 3.63) is 34.9 Å². The summed E-state index contributed by atoms with van der Waals surface area (Å²) in [6.45, 7) is 1.78. The Balaban J connectivity index is 1.83. The maximum absolute atomic E-state index is 7.52. The highest BCUT2D eigenvalue weighted by Crippen LogP contribution is 2.55. The second-order valence-corrected chi connectivity index (χ2v) is 7.25. The summed E-state index contributed by atoms with van der Waals surface area (Å²) in [5.41, 5.74) is 5.15. The van der Waals surface area contributed by atoms with E-state index >= 15 is 0 Å². The van der Waals surface area contributed by atoms with Crippen molar-refractivity contribution in [3.8, 4) is 0 Å². The molecular weight excluding hydrogens is 242 g/mol. The summed E-state index contributed by atoms with van der Waals surface area (Å²) >= 11 is 0. The molecule has 1 saturated heterocycles. The maximum atomic E-state index is 7.52. The van der Waals surface area contributed by atoms with Crippen molar-refractivity contribution in [2.24, 2.45) is 5.92 Å². The van der Waals surface area contributed by atoms with Crippen LogP contribution in [-0.4, -0.2) is 24.5 Å². The van der Waals surface area contributed by atoms with Crippen molar-refractivity contribution in [3.63, 3.8) is 0 Å². The molecule has 2 fully saturated rings. The van der Waals surface area contributed by atoms with Gasteiger partial charge in [-0.05, 0) is 68.3 Å². The molecule has 1 heteroatoms. The summed E-state index contributed by atoms with van der Waals surface area (Å²) in [6, 6.07) is 7.93. The molecule has 3 atom stereocenters. The summed E-state index contributed by atoms with van der Waals surface area (Å²) < 4.78 is 7.52. The molecule has 1 aromatic carbocycles. The Morgan fingerprint density at radius 1 is 1.35 bits per heavy atom. The predicted molar refractivity (Wildman–Crippen MR) is 84.2 cm³/mol. The number of benzene rings is 1. The van der Waals surface area contributed by atoms with E-state index in [1.807, 2.05) is 0 Å². The van der Waals surface area contributed by atoms with Gasteiger partial charge in [-0.3, -0.25) is 0 Å². The van der Waals surface area contributed by atoms with Crippen molar-refractivity contribution in [1.29, 1.82) is 0 Å². The number of likely N-dealkylation sites (N-methyl/N-ethyl adjacent to an activating group) is 1. The van der Waals surface area contributed by atoms with Crippen LogP contribution in [0.15, 0.2) is 18.2 Å². The monoisotopic (exact) mass is 270 g/mol. The number of aryl methyl sites for hydroxylation is 1. The third-order valence-corrected chi connectivity index (χ3v) is 6.47. The molecule has 2 aliphatic carbocycles. The maximum Gasteiger partial charge on any atom is 0.0234 e. The van der Waals surface area contributed by atoms with E-state index in [9.17, 15) is 0 Å². The molecule has 2 bridgehead atoms. The lowest BCUT2D eigenvalue weighted by molar-refractivity contribution is 0.00282. The zero-order valence-corrected chi connectivity index (χ0v) is 12.7. The van der Waals surface area contributed by atoms with Crippen LogP contribution in [0.2, 0.25) is 0 Å². The molecule has 1 aliphatic heterocycles. The van der Waals surface area contributed by atoms with Gasteiger partial charge in [-0.25, -0.2) is 0 Å². The van der Waals surface area contributed by atoms with E-state index in [1.54, 1.807) is 11.1 Å². The van der Waals surface area contributed by atoms with Gasteiger partial charge >= 0.3 is 0 Å². The number of likely N-dealkylation sites (tertiary alicyclic amines) is 1. The summed E-state index contributed by atoms with van der Waals surface area (Å²) in [7, 11) is 2.34. The molecule has 0 spiro atoms. The number of rotatable bonds is 1. The molecule has 108 valence electrons. The zero-order valence-electron chi connectivity index (χ0n) is 13.7. The lowest BCUT2D eigenvalue weighted by Gasteiger charge is -2.58. The lowest BCUT2D eigenvalue weighted by atomic mass is 9.52. The van der Waals surface area contributed by atoms with Crippen molar-refractivity contribution in [2.45, 2.75) is 63.3 Å². The van der Waals surface area contributed by atoms with Gasteiger partial charge in [0.1, 0.15) is 0 Å². The van der Waals surface area contributed by atoms with Crippen molar-refractivity contribution >= 4 is 0 Å². The minimum atomic E-state index is 0.473. The highest BCUT2D eigenvalue weighted by Gasteiger charge is 2.52. The zero-order chi connectivity index (χ0) is 14.4. The first-order valence-corrected chi connectivity index (χ1v) is 8.36. The quantitative estimate of drug-likeness (QED) is 0.747. The third-order valence-electron chi connectivity index (χ3n) is 6.47. The van der Waals surface area contributed by atoms with Gasteiger partial charge in [-0.1, -0.05) is 37.9 Å². The second kappa shape index (κ2) is 4.59. The average molecular weight is 270 g/mol. The van der Waals surface area contributed by atoms with E-state index in [-0.39, 0.29) is 0 Å². The van der Waals surface area contributed by atoms with Crippen molar-refractivity contribution < 1.29 is 1.37 Å². The highest BCUT2D eigenvalue weighted by molar-refractivity contribution is 5.43. The van der Waals surface area contributed by atoms with E-state index in [0.717, 1.165) is 18.4 Å². The Hall–Kier alpha value is -0.820. The molecule has 0 N–H and O–H groups in total. The first kappa shape index (κ1) is 11.8. The minimum Gasteiger partial charge on any atom is -0.303 e. The smallest absolute Gasteiger partial charge is 0.0234 e. The van der Waals surface area contributed by atoms with E-state index in [2.05, 4.69) is 30.1 Å². The summed E-state index contributed by atoms with van der Waals surface area (Å²) in [5.74, 6) is 0.878. The largest absolute Gasteiger partial charge is 0.303 e. The van der Waals surface area contributed by atoms with Crippen LogP contribution in [0.3, 0.4) is 0 Å². The van der Waals surface area contributed by atoms with Crippen LogP contribution < -0.4 is 0 Å². The van der Waals surface area contributed by atoms with E-state index in [0.29, 0.717) is 12.3 Å². The van der Waals surface area contributed by atoms with Crippen LogP contribution in [-0.2, 0) is 18.3 Å². The van der Waals surface area contributed by atoms with Gasteiger partial charge in [0, 0.05) is 12.8 Å². The predicted octanol–water partition coefficient (Wildman–Crippen LogP) is 3.94. The van der Waals surface area contributed by atoms with Gasteiger partial charge < -0.3 is 4.90 Å². The SMILES string of the molecule is [2H]CCc1ccc2c(c1)[C@]13CCCCC1[C@H](C2)N(C)CC3. The van der Waals surface area contributed by atoms with Gasteiger partial charge in [-0.2, -0.15) is 0 Å². The molecule has 1 nitrogen and oxygen atoms in total. The summed E-state index contributed by atoms with van der Waals surface area (Å²) in [6.07, 6.45) is 9.18. The van der Waals surface area contributed by atoms with Crippen LogP contribution in [0.1, 0.15) is 57.1 Å². The van der Waals surface area contributed by atoms with Crippen molar-refractivity contribution in [1.82, 2.24) is 4.90 Å². The normalized spacial score (nSPS) is 37.0. The fourth-order valence-corrected chi connectivity index (χ4v) is 5.40. The van der Waals surface area contributed by atoms with Gasteiger partial charge in [-0.15, -0.1) is 0 Å². The number of nitrogens with zero attached hydrogens (tertiary/aromatic N) is 1. The average Bonchev–Trinajstić information content (AvgIpc) is 2.52. The third kappa shape index (κ3) is 1.65. The second-order valence-electron chi connectivity index (χ2n) is 7.25. The van der Waals surface area contributed by atoms with Crippen LogP contribution in [0.5, 0.6) is 0 Å². The molecule has 1 unspecified atom stereocenters. The fourth-order valence-electron chi connectivity index (χ4n) is 5.40. The molecule has 1 heterocycles. The van der Waals surface area contributed by atoms with Crippen LogP contribution in [0, 0.1) is 5.92 Å². The number of hydrogen-bond acceptors (Lipinski definition) is 1. The first-order chi connectivity index (χ1) is 10.2. The molecule has 3 aliphatic rings. The number of fused-ring (bicyclic) bond motifs is 1. The lowest BCUT2D eigenvalue weighted by Crippen LogP contribution is -2.59. The molecule has 0 aromatic heterocycles. The molecule has 0 radical (unpaired) electrons. The molecule has 1 aromatic rings. The molecule has 20 heavy (non-hydrogen) atoms. The fraction of sp³-hybridized carbons (Fsp3) is 0.684. The van der Waals surface area contributed by atoms with Gasteiger partial charge in [0.05, 0.1) is 0 Å². The minimum absolute atomic E-state index is 0.473. The van der Waals surface area contributed by atoms with Gasteiger partial charge in [0.15, 0.2) is 0 Å². The van der Waals surface area contributed by atoms with Crippen LogP contribution in [0.4, 0.5) is 0 Å². The highest BCUT2D eigenvalue weighted by atomic mass is 15.1. The number of hydrogen-bond donors (Lipinski definition) is 0. The molecule has 1 saturated carbocycles. The Kier molecular flexibility index (Phi) is 2.71. The molecule has 4 rings (SSSR count). The Bertz CT molecular complexity index is 540. The van der Waals surface area contributed by atoms with E-state index < -0.39 is 0 Å². The Morgan fingerprint density at radius 3 is 3.20 bits per heavy atom.